The third-order valence-electron chi connectivity index (χ3n) is 3.15. The van der Waals surface area contributed by atoms with Crippen molar-refractivity contribution in [3.8, 4) is 28.6 Å². The van der Waals surface area contributed by atoms with Crippen molar-refractivity contribution in [2.75, 3.05) is 7.11 Å². The zero-order chi connectivity index (χ0) is 16.2. The molecule has 0 amide bonds. The van der Waals surface area contributed by atoms with Crippen LogP contribution in [-0.4, -0.2) is 17.3 Å². The van der Waals surface area contributed by atoms with Crippen LogP contribution in [0.25, 0.3) is 11.3 Å². The SMILES string of the molecule is COc1ccc(-c2ccc(Oc3c(F)cccc3F)nn2)cc1. The van der Waals surface area contributed by atoms with E-state index >= 15 is 0 Å². The summed E-state index contributed by atoms with van der Waals surface area (Å²) < 4.78 is 37.3. The van der Waals surface area contributed by atoms with E-state index in [1.54, 1.807) is 25.3 Å². The van der Waals surface area contributed by atoms with Gasteiger partial charge in [-0.1, -0.05) is 6.07 Å². The Kier molecular flexibility index (Phi) is 4.14. The Morgan fingerprint density at radius 2 is 1.52 bits per heavy atom. The number of para-hydroxylation sites is 1. The van der Waals surface area contributed by atoms with Gasteiger partial charge in [-0.3, -0.25) is 0 Å². The molecule has 1 heterocycles. The van der Waals surface area contributed by atoms with E-state index in [0.29, 0.717) is 5.69 Å². The third-order valence-corrected chi connectivity index (χ3v) is 3.15. The Morgan fingerprint density at radius 1 is 0.826 bits per heavy atom. The molecule has 0 N–H and O–H groups in total. The van der Waals surface area contributed by atoms with E-state index in [-0.39, 0.29) is 5.88 Å². The van der Waals surface area contributed by atoms with Crippen molar-refractivity contribution in [1.82, 2.24) is 10.2 Å². The maximum atomic E-state index is 13.5. The van der Waals surface area contributed by atoms with Gasteiger partial charge in [-0.2, -0.15) is 0 Å². The first-order chi connectivity index (χ1) is 11.2. The first-order valence-electron chi connectivity index (χ1n) is 6.77. The molecule has 0 fully saturated rings. The van der Waals surface area contributed by atoms with Gasteiger partial charge in [-0.25, -0.2) is 8.78 Å². The Morgan fingerprint density at radius 3 is 2.09 bits per heavy atom. The van der Waals surface area contributed by atoms with Gasteiger partial charge in [0.05, 0.1) is 12.8 Å². The molecule has 3 aromatic rings. The van der Waals surface area contributed by atoms with E-state index in [1.165, 1.54) is 12.1 Å². The summed E-state index contributed by atoms with van der Waals surface area (Å²) in [5.41, 5.74) is 1.44. The average Bonchev–Trinajstić information content (AvgIpc) is 2.59. The highest BCUT2D eigenvalue weighted by Crippen LogP contribution is 2.27. The van der Waals surface area contributed by atoms with Crippen LogP contribution in [0.3, 0.4) is 0 Å². The molecule has 0 radical (unpaired) electrons. The predicted octanol–water partition coefficient (Wildman–Crippen LogP) is 4.22. The summed E-state index contributed by atoms with van der Waals surface area (Å²) in [6.07, 6.45) is 0. The second-order valence-electron chi connectivity index (χ2n) is 4.64. The Hall–Kier alpha value is -3.02. The van der Waals surface area contributed by atoms with Crippen molar-refractivity contribution < 1.29 is 18.3 Å². The molecule has 0 aliphatic heterocycles. The minimum absolute atomic E-state index is 0.00580. The number of halogens is 2. The van der Waals surface area contributed by atoms with Crippen LogP contribution in [0.15, 0.2) is 54.6 Å². The highest BCUT2D eigenvalue weighted by atomic mass is 19.1. The number of hydrogen-bond acceptors (Lipinski definition) is 4. The monoisotopic (exact) mass is 314 g/mol. The highest BCUT2D eigenvalue weighted by molar-refractivity contribution is 5.59. The van der Waals surface area contributed by atoms with Crippen molar-refractivity contribution >= 4 is 0 Å². The van der Waals surface area contributed by atoms with Gasteiger partial charge in [0, 0.05) is 11.6 Å². The molecule has 116 valence electrons. The lowest BCUT2D eigenvalue weighted by Crippen LogP contribution is -1.96. The number of benzene rings is 2. The summed E-state index contributed by atoms with van der Waals surface area (Å²) in [5, 5.41) is 7.84. The maximum absolute atomic E-state index is 13.5. The number of nitrogens with zero attached hydrogens (tertiary/aromatic N) is 2. The van der Waals surface area contributed by atoms with Crippen molar-refractivity contribution in [2.45, 2.75) is 0 Å². The minimum Gasteiger partial charge on any atom is -0.497 e. The van der Waals surface area contributed by atoms with Crippen LogP contribution >= 0.6 is 0 Å². The first kappa shape index (κ1) is 14.9. The summed E-state index contributed by atoms with van der Waals surface area (Å²) in [7, 11) is 1.59. The quantitative estimate of drug-likeness (QED) is 0.723. The number of hydrogen-bond donors (Lipinski definition) is 0. The lowest BCUT2D eigenvalue weighted by Gasteiger charge is -2.07. The Balaban J connectivity index is 1.81. The molecule has 0 aliphatic rings. The second kappa shape index (κ2) is 6.39. The molecule has 0 saturated heterocycles. The standard InChI is InChI=1S/C17H12F2N2O2/c1-22-12-7-5-11(6-8-12)15-9-10-16(21-20-15)23-17-13(18)3-2-4-14(17)19/h2-10H,1H3. The molecular formula is C17H12F2N2O2. The fourth-order valence-electron chi connectivity index (χ4n) is 1.97. The van der Waals surface area contributed by atoms with Gasteiger partial charge in [-0.05, 0) is 42.5 Å². The van der Waals surface area contributed by atoms with E-state index < -0.39 is 17.4 Å². The zero-order valence-electron chi connectivity index (χ0n) is 12.2. The minimum atomic E-state index is -0.800. The van der Waals surface area contributed by atoms with Crippen LogP contribution in [0.4, 0.5) is 8.78 Å². The molecule has 1 aromatic heterocycles. The summed E-state index contributed by atoms with van der Waals surface area (Å²) in [6.45, 7) is 0. The van der Waals surface area contributed by atoms with Crippen molar-refractivity contribution in [1.29, 1.82) is 0 Å². The van der Waals surface area contributed by atoms with E-state index in [1.807, 2.05) is 12.1 Å². The summed E-state index contributed by atoms with van der Waals surface area (Å²) in [5.74, 6) is -1.36. The van der Waals surface area contributed by atoms with Crippen LogP contribution in [0.1, 0.15) is 0 Å². The smallest absolute Gasteiger partial charge is 0.239 e. The largest absolute Gasteiger partial charge is 0.497 e. The van der Waals surface area contributed by atoms with Gasteiger partial charge < -0.3 is 9.47 Å². The molecule has 2 aromatic carbocycles. The van der Waals surface area contributed by atoms with Crippen LogP contribution in [0.2, 0.25) is 0 Å². The fraction of sp³-hybridized carbons (Fsp3) is 0.0588. The first-order valence-corrected chi connectivity index (χ1v) is 6.77. The molecule has 0 aliphatic carbocycles. The predicted molar refractivity (Wildman–Crippen MR) is 80.5 cm³/mol. The molecule has 3 rings (SSSR count). The second-order valence-corrected chi connectivity index (χ2v) is 4.64. The van der Waals surface area contributed by atoms with E-state index in [4.69, 9.17) is 9.47 Å². The van der Waals surface area contributed by atoms with Crippen molar-refractivity contribution in [2.24, 2.45) is 0 Å². The van der Waals surface area contributed by atoms with E-state index in [0.717, 1.165) is 23.4 Å². The normalized spacial score (nSPS) is 10.4. The zero-order valence-corrected chi connectivity index (χ0v) is 12.2. The number of rotatable bonds is 4. The van der Waals surface area contributed by atoms with E-state index in [9.17, 15) is 8.78 Å². The van der Waals surface area contributed by atoms with Crippen LogP contribution in [0.5, 0.6) is 17.4 Å². The maximum Gasteiger partial charge on any atom is 0.239 e. The summed E-state index contributed by atoms with van der Waals surface area (Å²) in [6, 6.07) is 13.9. The Bertz CT molecular complexity index is 786. The Labute approximate surface area is 131 Å². The van der Waals surface area contributed by atoms with Gasteiger partial charge in [0.1, 0.15) is 5.75 Å². The lowest BCUT2D eigenvalue weighted by molar-refractivity contribution is 0.391. The average molecular weight is 314 g/mol. The topological polar surface area (TPSA) is 44.2 Å². The van der Waals surface area contributed by atoms with Gasteiger partial charge in [0.2, 0.25) is 11.6 Å². The number of methoxy groups -OCH3 is 1. The van der Waals surface area contributed by atoms with Gasteiger partial charge in [-0.15, -0.1) is 10.2 Å². The van der Waals surface area contributed by atoms with Crippen molar-refractivity contribution in [3.63, 3.8) is 0 Å². The summed E-state index contributed by atoms with van der Waals surface area (Å²) >= 11 is 0. The third kappa shape index (κ3) is 3.26. The molecule has 4 nitrogen and oxygen atoms in total. The summed E-state index contributed by atoms with van der Waals surface area (Å²) in [4.78, 5) is 0. The molecule has 23 heavy (non-hydrogen) atoms. The molecule has 0 bridgehead atoms. The lowest BCUT2D eigenvalue weighted by atomic mass is 10.1. The van der Waals surface area contributed by atoms with Gasteiger partial charge >= 0.3 is 0 Å². The number of aromatic nitrogens is 2. The molecule has 0 spiro atoms. The molecular weight excluding hydrogens is 302 g/mol. The van der Waals surface area contributed by atoms with Crippen LogP contribution < -0.4 is 9.47 Å². The van der Waals surface area contributed by atoms with Crippen LogP contribution in [-0.2, 0) is 0 Å². The van der Waals surface area contributed by atoms with Crippen molar-refractivity contribution in [3.05, 3.63) is 66.2 Å². The fourth-order valence-corrected chi connectivity index (χ4v) is 1.97. The van der Waals surface area contributed by atoms with Gasteiger partial charge in [0.25, 0.3) is 0 Å². The van der Waals surface area contributed by atoms with Gasteiger partial charge in [0.15, 0.2) is 11.6 Å². The molecule has 0 atom stereocenters. The van der Waals surface area contributed by atoms with Crippen LogP contribution in [0, 0.1) is 11.6 Å². The highest BCUT2D eigenvalue weighted by Gasteiger charge is 2.12. The van der Waals surface area contributed by atoms with E-state index in [2.05, 4.69) is 10.2 Å². The number of ether oxygens (including phenoxy) is 2. The molecule has 0 saturated carbocycles. The molecule has 0 unspecified atom stereocenters. The molecule has 6 heteroatoms.